The third kappa shape index (κ3) is 2.52. The van der Waals surface area contributed by atoms with Crippen molar-refractivity contribution in [1.82, 2.24) is 35.0 Å². The third-order valence-electron chi connectivity index (χ3n) is 4.88. The molecule has 1 amide bonds. The normalized spacial score (nSPS) is 24.6. The maximum atomic E-state index is 12.9. The van der Waals surface area contributed by atoms with Gasteiger partial charge in [-0.3, -0.25) is 9.89 Å². The fraction of sp³-hybridized carbons (Fsp3) is 0.600. The quantitative estimate of drug-likeness (QED) is 0.888. The minimum atomic E-state index is 0.0649. The summed E-state index contributed by atoms with van der Waals surface area (Å²) in [5, 5.41) is 15.1. The van der Waals surface area contributed by atoms with Gasteiger partial charge in [-0.05, 0) is 26.9 Å². The first-order valence-corrected chi connectivity index (χ1v) is 8.00. The fourth-order valence-corrected chi connectivity index (χ4v) is 3.42. The van der Waals surface area contributed by atoms with Crippen LogP contribution in [0.4, 0.5) is 0 Å². The SMILES string of the molecule is CN(C)[C@@H]1CN(C(=O)c2cn[nH]c2C2CC2)C[C@@H]1n1ccnn1. The van der Waals surface area contributed by atoms with Gasteiger partial charge >= 0.3 is 0 Å². The Hall–Kier alpha value is -2.22. The molecule has 2 atom stereocenters. The number of nitrogens with one attached hydrogen (secondary N) is 1. The van der Waals surface area contributed by atoms with Crippen molar-refractivity contribution in [3.8, 4) is 0 Å². The summed E-state index contributed by atoms with van der Waals surface area (Å²) in [6.07, 6.45) is 7.50. The fourth-order valence-electron chi connectivity index (χ4n) is 3.42. The van der Waals surface area contributed by atoms with Crippen molar-refractivity contribution in [2.24, 2.45) is 0 Å². The first kappa shape index (κ1) is 14.4. The van der Waals surface area contributed by atoms with Crippen molar-refractivity contribution in [1.29, 1.82) is 0 Å². The smallest absolute Gasteiger partial charge is 0.257 e. The van der Waals surface area contributed by atoms with Crippen molar-refractivity contribution in [3.05, 3.63) is 29.8 Å². The van der Waals surface area contributed by atoms with E-state index in [4.69, 9.17) is 0 Å². The van der Waals surface area contributed by atoms with Crippen LogP contribution in [0.1, 0.15) is 40.9 Å². The van der Waals surface area contributed by atoms with Gasteiger partial charge in [0, 0.05) is 25.2 Å². The van der Waals surface area contributed by atoms with Crippen LogP contribution in [0, 0.1) is 0 Å². The van der Waals surface area contributed by atoms with E-state index in [-0.39, 0.29) is 18.0 Å². The van der Waals surface area contributed by atoms with Crippen molar-refractivity contribution in [2.75, 3.05) is 27.2 Å². The van der Waals surface area contributed by atoms with E-state index in [1.54, 1.807) is 12.4 Å². The average molecular weight is 315 g/mol. The lowest BCUT2D eigenvalue weighted by Crippen LogP contribution is -2.37. The summed E-state index contributed by atoms with van der Waals surface area (Å²) in [5.74, 6) is 0.546. The van der Waals surface area contributed by atoms with Gasteiger partial charge in [0.25, 0.3) is 5.91 Å². The van der Waals surface area contributed by atoms with E-state index in [1.807, 2.05) is 29.9 Å². The molecule has 2 aliphatic rings. The van der Waals surface area contributed by atoms with E-state index in [0.717, 1.165) is 24.1 Å². The van der Waals surface area contributed by atoms with Gasteiger partial charge in [-0.25, -0.2) is 4.68 Å². The van der Waals surface area contributed by atoms with E-state index >= 15 is 0 Å². The number of carbonyl (C=O) groups is 1. The predicted molar refractivity (Wildman–Crippen MR) is 83.0 cm³/mol. The molecule has 2 fully saturated rings. The molecule has 3 heterocycles. The minimum Gasteiger partial charge on any atom is -0.335 e. The molecule has 0 aromatic carbocycles. The first-order valence-electron chi connectivity index (χ1n) is 8.00. The zero-order chi connectivity index (χ0) is 16.0. The van der Waals surface area contributed by atoms with Crippen molar-refractivity contribution >= 4 is 5.91 Å². The minimum absolute atomic E-state index is 0.0649. The Labute approximate surface area is 134 Å². The third-order valence-corrected chi connectivity index (χ3v) is 4.88. The number of hydrogen-bond donors (Lipinski definition) is 1. The molecule has 122 valence electrons. The van der Waals surface area contributed by atoms with Gasteiger partial charge in [-0.2, -0.15) is 5.10 Å². The van der Waals surface area contributed by atoms with Gasteiger partial charge in [0.2, 0.25) is 0 Å². The zero-order valence-electron chi connectivity index (χ0n) is 13.4. The molecule has 4 rings (SSSR count). The number of aromatic amines is 1. The molecule has 1 saturated carbocycles. The summed E-state index contributed by atoms with van der Waals surface area (Å²) in [4.78, 5) is 17.0. The molecule has 2 aromatic heterocycles. The molecule has 8 heteroatoms. The highest BCUT2D eigenvalue weighted by Crippen LogP contribution is 2.41. The van der Waals surface area contributed by atoms with E-state index in [2.05, 4.69) is 25.4 Å². The van der Waals surface area contributed by atoms with Crippen molar-refractivity contribution in [3.63, 3.8) is 0 Å². The molecular weight excluding hydrogens is 294 g/mol. The monoisotopic (exact) mass is 315 g/mol. The number of amides is 1. The molecule has 0 radical (unpaired) electrons. The van der Waals surface area contributed by atoms with E-state index in [1.165, 1.54) is 0 Å². The molecule has 0 unspecified atom stereocenters. The number of hydrogen-bond acceptors (Lipinski definition) is 5. The van der Waals surface area contributed by atoms with Crippen LogP contribution in [0.15, 0.2) is 18.6 Å². The summed E-state index contributed by atoms with van der Waals surface area (Å²) in [6.45, 7) is 1.33. The second-order valence-corrected chi connectivity index (χ2v) is 6.66. The highest BCUT2D eigenvalue weighted by Gasteiger charge is 2.40. The number of likely N-dealkylation sites (N-methyl/N-ethyl adjacent to an activating group) is 1. The number of likely N-dealkylation sites (tertiary alicyclic amines) is 1. The maximum Gasteiger partial charge on any atom is 0.257 e. The lowest BCUT2D eigenvalue weighted by atomic mass is 10.1. The van der Waals surface area contributed by atoms with Gasteiger partial charge in [0.1, 0.15) is 0 Å². The molecule has 8 nitrogen and oxygen atoms in total. The summed E-state index contributed by atoms with van der Waals surface area (Å²) in [6, 6.07) is 0.338. The lowest BCUT2D eigenvalue weighted by molar-refractivity contribution is 0.0780. The van der Waals surface area contributed by atoms with Gasteiger partial charge in [-0.1, -0.05) is 5.21 Å². The van der Waals surface area contributed by atoms with Gasteiger partial charge in [-0.15, -0.1) is 5.10 Å². The van der Waals surface area contributed by atoms with Crippen molar-refractivity contribution < 1.29 is 4.79 Å². The molecule has 1 saturated heterocycles. The highest BCUT2D eigenvalue weighted by molar-refractivity contribution is 5.95. The zero-order valence-corrected chi connectivity index (χ0v) is 13.4. The summed E-state index contributed by atoms with van der Waals surface area (Å²) in [7, 11) is 4.08. The number of carbonyl (C=O) groups excluding carboxylic acids is 1. The van der Waals surface area contributed by atoms with E-state index in [0.29, 0.717) is 19.0 Å². The second-order valence-electron chi connectivity index (χ2n) is 6.66. The van der Waals surface area contributed by atoms with E-state index < -0.39 is 0 Å². The molecule has 0 bridgehead atoms. The number of nitrogens with zero attached hydrogens (tertiary/aromatic N) is 6. The molecule has 2 aromatic rings. The number of aromatic nitrogens is 5. The Morgan fingerprint density at radius 3 is 2.83 bits per heavy atom. The Bertz CT molecular complexity index is 689. The van der Waals surface area contributed by atoms with Gasteiger partial charge in [0.15, 0.2) is 0 Å². The van der Waals surface area contributed by atoms with Crippen LogP contribution in [0.25, 0.3) is 0 Å². The first-order chi connectivity index (χ1) is 11.1. The molecular formula is C15H21N7O. The average Bonchev–Trinajstić information content (AvgIpc) is 3.03. The lowest BCUT2D eigenvalue weighted by Gasteiger charge is -2.24. The molecule has 0 spiro atoms. The number of rotatable bonds is 4. The number of H-pyrrole nitrogens is 1. The molecule has 1 aliphatic carbocycles. The second kappa shape index (κ2) is 5.45. The topological polar surface area (TPSA) is 82.9 Å². The van der Waals surface area contributed by atoms with E-state index in [9.17, 15) is 4.79 Å². The maximum absolute atomic E-state index is 12.9. The summed E-state index contributed by atoms with van der Waals surface area (Å²) in [5.41, 5.74) is 1.73. The molecule has 1 aliphatic heterocycles. The van der Waals surface area contributed by atoms with Gasteiger partial charge in [0.05, 0.1) is 35.7 Å². The van der Waals surface area contributed by atoms with Crippen LogP contribution < -0.4 is 0 Å². The Balaban J connectivity index is 1.57. The highest BCUT2D eigenvalue weighted by atomic mass is 16.2. The van der Waals surface area contributed by atoms with Crippen LogP contribution in [0.3, 0.4) is 0 Å². The standard InChI is InChI=1S/C15H21N7O/c1-20(2)12-8-21(9-13(12)22-6-5-16-19-22)15(23)11-7-17-18-14(11)10-3-4-10/h5-7,10,12-13H,3-4,8-9H2,1-2H3,(H,17,18)/t12-,13+/m1/s1. The van der Waals surface area contributed by atoms with Crippen LogP contribution in [0.5, 0.6) is 0 Å². The Kier molecular flexibility index (Phi) is 3.41. The Morgan fingerprint density at radius 2 is 2.17 bits per heavy atom. The summed E-state index contributed by atoms with van der Waals surface area (Å²) >= 11 is 0. The van der Waals surface area contributed by atoms with Crippen LogP contribution in [-0.4, -0.2) is 74.1 Å². The van der Waals surface area contributed by atoms with Crippen LogP contribution in [0.2, 0.25) is 0 Å². The van der Waals surface area contributed by atoms with Crippen LogP contribution >= 0.6 is 0 Å². The van der Waals surface area contributed by atoms with Gasteiger partial charge < -0.3 is 9.80 Å². The summed E-state index contributed by atoms with van der Waals surface area (Å²) < 4.78 is 1.86. The predicted octanol–water partition coefficient (Wildman–Crippen LogP) is 0.506. The largest absolute Gasteiger partial charge is 0.335 e. The van der Waals surface area contributed by atoms with Crippen molar-refractivity contribution in [2.45, 2.75) is 30.8 Å². The van der Waals surface area contributed by atoms with Crippen LogP contribution in [-0.2, 0) is 0 Å². The molecule has 23 heavy (non-hydrogen) atoms. The Morgan fingerprint density at radius 1 is 1.35 bits per heavy atom. The molecule has 1 N–H and O–H groups in total.